The van der Waals surface area contributed by atoms with E-state index in [1.807, 2.05) is 18.7 Å². The van der Waals surface area contributed by atoms with Crippen molar-refractivity contribution >= 4 is 46.3 Å². The molecule has 1 N–H and O–H groups in total. The number of benzene rings is 2. The predicted molar refractivity (Wildman–Crippen MR) is 131 cm³/mol. The zero-order valence-electron chi connectivity index (χ0n) is 20.8. The van der Waals surface area contributed by atoms with E-state index in [1.54, 1.807) is 6.07 Å². The lowest BCUT2D eigenvalue weighted by Gasteiger charge is -2.24. The molecule has 192 valence electrons. The lowest BCUT2D eigenvalue weighted by atomic mass is 10.1. The second-order valence-corrected chi connectivity index (χ2v) is 7.22. The van der Waals surface area contributed by atoms with Gasteiger partial charge in [-0.2, -0.15) is 0 Å². The first kappa shape index (κ1) is 27.7. The van der Waals surface area contributed by atoms with Gasteiger partial charge < -0.3 is 24.4 Å². The maximum atomic E-state index is 12.2. The van der Waals surface area contributed by atoms with E-state index >= 15 is 0 Å². The maximum Gasteiger partial charge on any atom is 0.338 e. The molecule has 13 nitrogen and oxygen atoms in total. The first-order valence-corrected chi connectivity index (χ1v) is 10.8. The Bertz CT molecular complexity index is 1210. The van der Waals surface area contributed by atoms with E-state index in [1.165, 1.54) is 20.1 Å². The summed E-state index contributed by atoms with van der Waals surface area (Å²) >= 11 is 0. The van der Waals surface area contributed by atoms with Gasteiger partial charge in [-0.1, -0.05) is 0 Å². The average molecular weight is 501 g/mol. The molecule has 0 saturated heterocycles. The molecule has 0 unspecified atom stereocenters. The second kappa shape index (κ2) is 12.2. The summed E-state index contributed by atoms with van der Waals surface area (Å²) in [7, 11) is 3.64. The van der Waals surface area contributed by atoms with Crippen molar-refractivity contribution in [3.8, 4) is 5.75 Å². The van der Waals surface area contributed by atoms with Crippen molar-refractivity contribution in [2.75, 3.05) is 44.6 Å². The van der Waals surface area contributed by atoms with Crippen molar-refractivity contribution in [3.63, 3.8) is 0 Å². The van der Waals surface area contributed by atoms with Crippen LogP contribution in [0.3, 0.4) is 0 Å². The zero-order chi connectivity index (χ0) is 27.0. The van der Waals surface area contributed by atoms with Crippen molar-refractivity contribution < 1.29 is 33.5 Å². The number of nitro groups is 1. The number of ether oxygens (including phenoxy) is 3. The molecule has 36 heavy (non-hydrogen) atoms. The highest BCUT2D eigenvalue weighted by Gasteiger charge is 2.26. The highest BCUT2D eigenvalue weighted by molar-refractivity contribution is 6.04. The van der Waals surface area contributed by atoms with E-state index in [9.17, 15) is 24.5 Å². The van der Waals surface area contributed by atoms with Crippen LogP contribution >= 0.6 is 0 Å². The van der Waals surface area contributed by atoms with Gasteiger partial charge in [-0.15, -0.1) is 10.2 Å². The molecule has 1 amide bonds. The minimum absolute atomic E-state index is 0.143. The lowest BCUT2D eigenvalue weighted by Crippen LogP contribution is -2.22. The molecule has 0 spiro atoms. The fraction of sp³-hybridized carbons (Fsp3) is 0.348. The van der Waals surface area contributed by atoms with Crippen molar-refractivity contribution in [1.82, 2.24) is 0 Å². The molecule has 0 heterocycles. The van der Waals surface area contributed by atoms with Crippen LogP contribution in [-0.2, 0) is 14.3 Å². The summed E-state index contributed by atoms with van der Waals surface area (Å²) in [6.07, 6.45) is 0. The molecule has 2 aromatic carbocycles. The molecule has 0 aromatic heterocycles. The highest BCUT2D eigenvalue weighted by Crippen LogP contribution is 2.40. The topological polar surface area (TPSA) is 162 Å². The van der Waals surface area contributed by atoms with E-state index in [2.05, 4.69) is 25.0 Å². The molecule has 0 aliphatic rings. The van der Waals surface area contributed by atoms with E-state index in [4.69, 9.17) is 4.74 Å². The number of hydrogen-bond donors (Lipinski definition) is 1. The third kappa shape index (κ3) is 6.11. The third-order valence-electron chi connectivity index (χ3n) is 5.10. The van der Waals surface area contributed by atoms with E-state index in [0.717, 1.165) is 26.4 Å². The Hall–Kier alpha value is -4.55. The molecule has 0 aliphatic carbocycles. The molecule has 0 fully saturated rings. The number of esters is 2. The second-order valence-electron chi connectivity index (χ2n) is 7.22. The predicted octanol–water partition coefficient (Wildman–Crippen LogP) is 4.40. The molecular formula is C23H27N5O8. The number of amides is 1. The molecule has 2 rings (SSSR count). The van der Waals surface area contributed by atoms with Gasteiger partial charge in [0.05, 0.1) is 48.8 Å². The number of anilines is 2. The number of azo groups is 1. The number of nitro benzene ring substituents is 1. The Labute approximate surface area is 207 Å². The van der Waals surface area contributed by atoms with Crippen LogP contribution in [0.5, 0.6) is 5.75 Å². The Kier molecular flexibility index (Phi) is 9.42. The summed E-state index contributed by atoms with van der Waals surface area (Å²) in [5, 5.41) is 22.4. The molecule has 0 bridgehead atoms. The van der Waals surface area contributed by atoms with Crippen LogP contribution in [-0.4, -0.2) is 57.2 Å². The number of methoxy groups -OCH3 is 3. The van der Waals surface area contributed by atoms with Crippen LogP contribution in [0.15, 0.2) is 34.5 Å². The Balaban J connectivity index is 2.75. The maximum absolute atomic E-state index is 12.2. The van der Waals surface area contributed by atoms with Crippen molar-refractivity contribution in [2.45, 2.75) is 20.8 Å². The van der Waals surface area contributed by atoms with Crippen LogP contribution in [0.25, 0.3) is 0 Å². The Morgan fingerprint density at radius 1 is 0.944 bits per heavy atom. The smallest absolute Gasteiger partial charge is 0.338 e. The molecule has 0 radical (unpaired) electrons. The summed E-state index contributed by atoms with van der Waals surface area (Å²) in [6.45, 7) is 6.58. The van der Waals surface area contributed by atoms with Crippen LogP contribution in [0.2, 0.25) is 0 Å². The van der Waals surface area contributed by atoms with Crippen molar-refractivity contribution in [1.29, 1.82) is 0 Å². The Morgan fingerprint density at radius 2 is 1.50 bits per heavy atom. The normalized spacial score (nSPS) is 10.6. The molecular weight excluding hydrogens is 474 g/mol. The van der Waals surface area contributed by atoms with Crippen molar-refractivity contribution in [3.05, 3.63) is 45.5 Å². The molecule has 13 heteroatoms. The fourth-order valence-corrected chi connectivity index (χ4v) is 3.37. The van der Waals surface area contributed by atoms with Gasteiger partial charge in [-0.25, -0.2) is 9.59 Å². The van der Waals surface area contributed by atoms with Gasteiger partial charge in [0.25, 0.3) is 5.69 Å². The van der Waals surface area contributed by atoms with Crippen LogP contribution in [0.1, 0.15) is 41.5 Å². The van der Waals surface area contributed by atoms with Crippen LogP contribution in [0.4, 0.5) is 28.4 Å². The van der Waals surface area contributed by atoms with Gasteiger partial charge in [0.1, 0.15) is 11.4 Å². The van der Waals surface area contributed by atoms with Crippen LogP contribution in [0, 0.1) is 10.1 Å². The summed E-state index contributed by atoms with van der Waals surface area (Å²) < 4.78 is 14.8. The average Bonchev–Trinajstić information content (AvgIpc) is 2.86. The summed E-state index contributed by atoms with van der Waals surface area (Å²) in [5.74, 6) is -1.83. The number of nitrogens with zero attached hydrogens (tertiary/aromatic N) is 4. The number of nitrogens with one attached hydrogen (secondary N) is 1. The summed E-state index contributed by atoms with van der Waals surface area (Å²) in [6, 6.07) is 5.07. The number of carbonyl (C=O) groups is 3. The van der Waals surface area contributed by atoms with Gasteiger partial charge in [-0.3, -0.25) is 14.9 Å². The van der Waals surface area contributed by atoms with Gasteiger partial charge in [0.15, 0.2) is 5.69 Å². The number of hydrogen-bond acceptors (Lipinski definition) is 11. The Morgan fingerprint density at radius 3 is 1.97 bits per heavy atom. The van der Waals surface area contributed by atoms with Gasteiger partial charge in [-0.05, 0) is 26.0 Å². The molecule has 0 aliphatic heterocycles. The number of carbonyl (C=O) groups excluding carboxylic acids is 3. The zero-order valence-corrected chi connectivity index (χ0v) is 20.8. The SMILES string of the molecule is CCN(CC)c1cc(NC(C)=O)c(N=Nc2cc(C(=O)OC)c(C(=O)OC)cc2[N+](=O)[O-])cc1OC. The van der Waals surface area contributed by atoms with Gasteiger partial charge >= 0.3 is 11.9 Å². The minimum atomic E-state index is -0.966. The standard InChI is InChI=1S/C23H27N5O8/c1-7-27(8-2)20-11-16(24-13(3)29)17(12-21(20)34-4)25-26-18-9-14(22(30)35-5)15(23(31)36-6)10-19(18)28(32)33/h9-12H,7-8H2,1-6H3,(H,24,29). The third-order valence-corrected chi connectivity index (χ3v) is 5.10. The summed E-state index contributed by atoms with van der Waals surface area (Å²) in [4.78, 5) is 49.1. The number of rotatable bonds is 10. The monoisotopic (exact) mass is 501 g/mol. The van der Waals surface area contributed by atoms with Crippen LogP contribution < -0.4 is 15.0 Å². The molecule has 0 saturated carbocycles. The lowest BCUT2D eigenvalue weighted by molar-refractivity contribution is -0.384. The van der Waals surface area contributed by atoms with Gasteiger partial charge in [0, 0.05) is 32.1 Å². The quantitative estimate of drug-likeness (QED) is 0.215. The fourth-order valence-electron chi connectivity index (χ4n) is 3.37. The van der Waals surface area contributed by atoms with E-state index < -0.39 is 22.5 Å². The largest absolute Gasteiger partial charge is 0.494 e. The van der Waals surface area contributed by atoms with Gasteiger partial charge in [0.2, 0.25) is 5.91 Å². The summed E-state index contributed by atoms with van der Waals surface area (Å²) in [5.41, 5.74) is -0.445. The first-order chi connectivity index (χ1) is 17.1. The first-order valence-electron chi connectivity index (χ1n) is 10.8. The van der Waals surface area contributed by atoms with E-state index in [0.29, 0.717) is 24.5 Å². The highest BCUT2D eigenvalue weighted by atomic mass is 16.6. The molecule has 0 atom stereocenters. The van der Waals surface area contributed by atoms with Crippen molar-refractivity contribution in [2.24, 2.45) is 10.2 Å². The molecule has 2 aromatic rings. The minimum Gasteiger partial charge on any atom is -0.494 e. The van der Waals surface area contributed by atoms with E-state index in [-0.39, 0.29) is 34.1 Å².